The fraction of sp³-hybridized carbons (Fsp3) is 0.894. The lowest BCUT2D eigenvalue weighted by Gasteiger charge is -2.64. The lowest BCUT2D eigenvalue weighted by molar-refractivity contribution is -0.381. The maximum atomic E-state index is 12.6. The standard InChI is InChI=1S/C47H72O18/c1-20-30(48)9-10-32(58-20)63-39-33(50)21(2)60-43(36(39)53)65-41-35(52)23(4)61-44(38(41)55)64-40-34(51)22(3)59-42(37(40)54)62-26-11-14-45(5)25(18-26)7-8-29-28(45)12-15-46(6)27(13-16-47(29,46)56)24-17-31(49)57-19-24/h9-10,17,20-23,25-30,32-44,48,50-56H,7-8,11-16,18-19H2,1-6H3. The van der Waals surface area contributed by atoms with Gasteiger partial charge in [-0.3, -0.25) is 0 Å². The zero-order valence-corrected chi connectivity index (χ0v) is 38.2. The molecule has 0 spiro atoms. The fourth-order valence-electron chi connectivity index (χ4n) is 13.7. The third kappa shape index (κ3) is 8.39. The van der Waals surface area contributed by atoms with Crippen LogP contribution in [0.25, 0.3) is 0 Å². The van der Waals surface area contributed by atoms with Gasteiger partial charge in [-0.25, -0.2) is 4.79 Å². The summed E-state index contributed by atoms with van der Waals surface area (Å²) < 4.78 is 53.4. The van der Waals surface area contributed by atoms with Crippen molar-refractivity contribution < 1.29 is 88.3 Å². The Morgan fingerprint density at radius 1 is 0.600 bits per heavy atom. The Bertz CT molecular complexity index is 1780. The van der Waals surface area contributed by atoms with Crippen LogP contribution in [-0.4, -0.2) is 176 Å². The topological polar surface area (TPSA) is 262 Å². The number of esters is 1. The number of carbonyl (C=O) groups excluding carboxylic acids is 1. The first kappa shape index (κ1) is 48.3. The molecule has 26 atom stereocenters. The third-order valence-corrected chi connectivity index (χ3v) is 17.8. The second kappa shape index (κ2) is 18.2. The van der Waals surface area contributed by atoms with Crippen LogP contribution < -0.4 is 0 Å². The van der Waals surface area contributed by atoms with Crippen molar-refractivity contribution in [1.82, 2.24) is 0 Å². The molecule has 3 saturated heterocycles. The average Bonchev–Trinajstić information content (AvgIpc) is 3.82. The molecule has 7 fully saturated rings. The van der Waals surface area contributed by atoms with Gasteiger partial charge in [0.1, 0.15) is 61.5 Å². The van der Waals surface area contributed by atoms with Gasteiger partial charge in [0, 0.05) is 11.5 Å². The number of cyclic esters (lactones) is 1. The van der Waals surface area contributed by atoms with Gasteiger partial charge in [0.05, 0.1) is 42.2 Å². The van der Waals surface area contributed by atoms with E-state index in [1.165, 1.54) is 19.1 Å². The van der Waals surface area contributed by atoms with Crippen LogP contribution in [0.15, 0.2) is 23.8 Å². The van der Waals surface area contributed by atoms with E-state index < -0.39 is 116 Å². The molecule has 65 heavy (non-hydrogen) atoms. The van der Waals surface area contributed by atoms with Crippen molar-refractivity contribution in [3.05, 3.63) is 23.8 Å². The molecule has 0 aromatic carbocycles. The molecule has 18 nitrogen and oxygen atoms in total. The first-order valence-corrected chi connectivity index (χ1v) is 24.0. The van der Waals surface area contributed by atoms with Gasteiger partial charge in [-0.1, -0.05) is 19.9 Å². The van der Waals surface area contributed by atoms with E-state index in [2.05, 4.69) is 13.8 Å². The Hall–Kier alpha value is -1.69. The van der Waals surface area contributed by atoms with Crippen LogP contribution in [0.4, 0.5) is 0 Å². The minimum absolute atomic E-state index is 0.0199. The largest absolute Gasteiger partial charge is 0.458 e. The van der Waals surface area contributed by atoms with E-state index in [1.807, 2.05) is 0 Å². The average molecular weight is 925 g/mol. The molecular weight excluding hydrogens is 852 g/mol. The van der Waals surface area contributed by atoms with Crippen LogP contribution >= 0.6 is 0 Å². The van der Waals surface area contributed by atoms with Gasteiger partial charge in [-0.05, 0) is 126 Å². The van der Waals surface area contributed by atoms with Gasteiger partial charge in [0.15, 0.2) is 25.2 Å². The van der Waals surface area contributed by atoms with Crippen molar-refractivity contribution in [2.75, 3.05) is 6.61 Å². The smallest absolute Gasteiger partial charge is 0.331 e. The molecular formula is C47H72O18. The van der Waals surface area contributed by atoms with E-state index in [0.29, 0.717) is 31.3 Å². The van der Waals surface area contributed by atoms with E-state index in [9.17, 15) is 45.6 Å². The molecule has 5 aliphatic heterocycles. The SMILES string of the molecule is CC1OC(OC2C(O)C(C)OC(OC3C(O)C(C)OC(OC4C(O)C(C)OC(OC5CCC6(C)C(CCC7C6CCC6(C)C(C8=CC(=O)OC8)CCC76O)C5)C4O)C3O)C2O)C=CC1O. The number of aliphatic hydroxyl groups is 8. The highest BCUT2D eigenvalue weighted by molar-refractivity contribution is 5.85. The Morgan fingerprint density at radius 2 is 1.17 bits per heavy atom. The predicted molar refractivity (Wildman–Crippen MR) is 224 cm³/mol. The van der Waals surface area contributed by atoms with Crippen LogP contribution in [0.1, 0.15) is 99.3 Å². The van der Waals surface area contributed by atoms with Crippen molar-refractivity contribution in [2.45, 2.75) is 222 Å². The summed E-state index contributed by atoms with van der Waals surface area (Å²) in [4.78, 5) is 12.0. The van der Waals surface area contributed by atoms with E-state index in [-0.39, 0.29) is 34.7 Å². The molecule has 0 aromatic rings. The van der Waals surface area contributed by atoms with Gasteiger partial charge in [0.25, 0.3) is 0 Å². The molecule has 0 aromatic heterocycles. The lowest BCUT2D eigenvalue weighted by Crippen LogP contribution is -2.66. The predicted octanol–water partition coefficient (Wildman–Crippen LogP) is 0.846. The Balaban J connectivity index is 0.830. The number of fused-ring (bicyclic) bond motifs is 5. The number of aliphatic hydroxyl groups excluding tert-OH is 7. The first-order chi connectivity index (χ1) is 30.7. The second-order valence-corrected chi connectivity index (χ2v) is 21.3. The highest BCUT2D eigenvalue weighted by Crippen LogP contribution is 2.70. The number of hydrogen-bond donors (Lipinski definition) is 8. The molecule has 18 heteroatoms. The van der Waals surface area contributed by atoms with E-state index in [1.54, 1.807) is 26.8 Å². The normalized spacial score (nSPS) is 55.8. The zero-order valence-electron chi connectivity index (χ0n) is 38.2. The molecule has 368 valence electrons. The van der Waals surface area contributed by atoms with Crippen LogP contribution in [0.3, 0.4) is 0 Å². The molecule has 4 aliphatic carbocycles. The van der Waals surface area contributed by atoms with E-state index >= 15 is 0 Å². The quantitative estimate of drug-likeness (QED) is 0.0906. The minimum atomic E-state index is -1.72. The minimum Gasteiger partial charge on any atom is -0.458 e. The summed E-state index contributed by atoms with van der Waals surface area (Å²) in [7, 11) is 0. The summed E-state index contributed by atoms with van der Waals surface area (Å²) >= 11 is 0. The summed E-state index contributed by atoms with van der Waals surface area (Å²) in [6.45, 7) is 11.3. The molecule has 0 amide bonds. The van der Waals surface area contributed by atoms with Gasteiger partial charge >= 0.3 is 5.97 Å². The fourth-order valence-corrected chi connectivity index (χ4v) is 13.7. The van der Waals surface area contributed by atoms with Gasteiger partial charge in [-0.15, -0.1) is 0 Å². The van der Waals surface area contributed by atoms with Crippen molar-refractivity contribution in [3.63, 3.8) is 0 Å². The number of carbonyl (C=O) groups is 1. The van der Waals surface area contributed by atoms with Crippen LogP contribution in [0, 0.1) is 34.5 Å². The Kier molecular flexibility index (Phi) is 13.6. The van der Waals surface area contributed by atoms with Crippen molar-refractivity contribution in [3.8, 4) is 0 Å². The van der Waals surface area contributed by atoms with Crippen LogP contribution in [-0.2, 0) is 47.4 Å². The molecule has 0 radical (unpaired) electrons. The number of ether oxygens (including phenoxy) is 9. The molecule has 26 unspecified atom stereocenters. The highest BCUT2D eigenvalue weighted by atomic mass is 16.8. The van der Waals surface area contributed by atoms with Gasteiger partial charge in [-0.2, -0.15) is 0 Å². The summed E-state index contributed by atoms with van der Waals surface area (Å²) in [6, 6.07) is 0. The maximum absolute atomic E-state index is 12.6. The molecule has 5 heterocycles. The van der Waals surface area contributed by atoms with Gasteiger partial charge < -0.3 is 83.5 Å². The number of rotatable bonds is 9. The molecule has 9 rings (SSSR count). The molecule has 9 aliphatic rings. The van der Waals surface area contributed by atoms with E-state index in [0.717, 1.165) is 50.5 Å². The lowest BCUT2D eigenvalue weighted by atomic mass is 9.43. The third-order valence-electron chi connectivity index (χ3n) is 17.8. The summed E-state index contributed by atoms with van der Waals surface area (Å²) in [5, 5.41) is 90.8. The van der Waals surface area contributed by atoms with Crippen molar-refractivity contribution in [1.29, 1.82) is 0 Å². The zero-order chi connectivity index (χ0) is 46.5. The van der Waals surface area contributed by atoms with Crippen molar-refractivity contribution in [2.24, 2.45) is 34.5 Å². The Morgan fingerprint density at radius 3 is 1.72 bits per heavy atom. The molecule has 8 N–H and O–H groups in total. The van der Waals surface area contributed by atoms with Crippen LogP contribution in [0.2, 0.25) is 0 Å². The summed E-state index contributed by atoms with van der Waals surface area (Å²) in [5.74, 6) is 0.642. The van der Waals surface area contributed by atoms with Crippen LogP contribution in [0.5, 0.6) is 0 Å². The second-order valence-electron chi connectivity index (χ2n) is 21.3. The number of hydrogen-bond acceptors (Lipinski definition) is 18. The van der Waals surface area contributed by atoms with E-state index in [4.69, 9.17) is 42.6 Å². The summed E-state index contributed by atoms with van der Waals surface area (Å²) in [5.41, 5.74) is -0.144. The molecule has 4 saturated carbocycles. The Labute approximate surface area is 380 Å². The van der Waals surface area contributed by atoms with Gasteiger partial charge in [0.2, 0.25) is 0 Å². The first-order valence-electron chi connectivity index (χ1n) is 24.0. The highest BCUT2D eigenvalue weighted by Gasteiger charge is 2.68. The molecule has 0 bridgehead atoms. The summed E-state index contributed by atoms with van der Waals surface area (Å²) in [6.07, 6.45) is -10.7. The monoisotopic (exact) mass is 924 g/mol. The maximum Gasteiger partial charge on any atom is 0.331 e. The van der Waals surface area contributed by atoms with Crippen molar-refractivity contribution >= 4 is 5.97 Å².